The van der Waals surface area contributed by atoms with E-state index in [-0.39, 0.29) is 23.4 Å². The highest BCUT2D eigenvalue weighted by molar-refractivity contribution is 5.99. The van der Waals surface area contributed by atoms with Crippen LogP contribution < -0.4 is 16.0 Å². The van der Waals surface area contributed by atoms with Crippen LogP contribution in [0.1, 0.15) is 75.4 Å². The van der Waals surface area contributed by atoms with Crippen molar-refractivity contribution in [1.82, 2.24) is 16.0 Å². The third-order valence-electron chi connectivity index (χ3n) is 8.35. The van der Waals surface area contributed by atoms with Gasteiger partial charge in [-0.05, 0) is 66.7 Å². The van der Waals surface area contributed by atoms with Crippen molar-refractivity contribution in [1.29, 1.82) is 0 Å². The lowest BCUT2D eigenvalue weighted by atomic mass is 9.95. The van der Waals surface area contributed by atoms with Gasteiger partial charge < -0.3 is 25.4 Å². The molecule has 9 heteroatoms. The van der Waals surface area contributed by atoms with E-state index >= 15 is 0 Å². The van der Waals surface area contributed by atoms with E-state index in [0.717, 1.165) is 17.5 Å². The van der Waals surface area contributed by atoms with Gasteiger partial charge in [-0.1, -0.05) is 120 Å². The molecule has 3 amide bonds. The van der Waals surface area contributed by atoms with Gasteiger partial charge in [0.05, 0.1) is 11.6 Å². The summed E-state index contributed by atoms with van der Waals surface area (Å²) in [5.41, 5.74) is 2.47. The summed E-state index contributed by atoms with van der Waals surface area (Å²) in [7, 11) is 0. The molecule has 3 unspecified atom stereocenters. The molecule has 1 fully saturated rings. The molecular formula is C41H51N3O6. The average molecular weight is 682 g/mol. The molecule has 3 aromatic carbocycles. The number of hydrogen-bond donors (Lipinski definition) is 3. The summed E-state index contributed by atoms with van der Waals surface area (Å²) in [5, 5.41) is 8.83. The minimum absolute atomic E-state index is 0.0744. The number of ether oxygens (including phenoxy) is 2. The normalized spacial score (nSPS) is 17.4. The molecule has 5 atom stereocenters. The van der Waals surface area contributed by atoms with Crippen LogP contribution in [0.3, 0.4) is 0 Å². The standard InChI is InChI=1S/C41H51N3O6/c1-27(2)23-29(5)25-36(45)42-33(22-21-30-15-9-6-10-16-30)38(46)44-35(24-28(3)4)39(47)43-34(26-31-17-11-7-12-18-31)37-41(49-37)50-40(48)32-19-13-8-14-20-32/h6-20,24,27-29,33-34,37,41H,21-23,25-26H2,1-5H3,(H,42,45)(H,43,47)(H,44,46)/b35-24+/t29?,33-,34-,37?,41?/m0/s1. The van der Waals surface area contributed by atoms with Gasteiger partial charge in [-0.3, -0.25) is 14.4 Å². The number of hydrogen-bond acceptors (Lipinski definition) is 6. The highest BCUT2D eigenvalue weighted by Gasteiger charge is 2.49. The number of nitrogens with one attached hydrogen (secondary N) is 3. The van der Waals surface area contributed by atoms with Gasteiger partial charge in [0.25, 0.3) is 5.91 Å². The first-order valence-corrected chi connectivity index (χ1v) is 17.6. The van der Waals surface area contributed by atoms with Gasteiger partial charge in [0, 0.05) is 6.42 Å². The predicted molar refractivity (Wildman–Crippen MR) is 194 cm³/mol. The molecule has 0 bridgehead atoms. The van der Waals surface area contributed by atoms with Gasteiger partial charge in [-0.25, -0.2) is 4.79 Å². The Labute approximate surface area is 296 Å². The summed E-state index contributed by atoms with van der Waals surface area (Å²) in [4.78, 5) is 53.6. The van der Waals surface area contributed by atoms with E-state index in [1.807, 2.05) is 87.5 Å². The zero-order chi connectivity index (χ0) is 36.0. The lowest BCUT2D eigenvalue weighted by Crippen LogP contribution is -2.50. The van der Waals surface area contributed by atoms with Crippen LogP contribution in [-0.4, -0.2) is 48.2 Å². The Hall–Kier alpha value is -4.76. The number of benzene rings is 3. The Morgan fingerprint density at radius 3 is 2.00 bits per heavy atom. The van der Waals surface area contributed by atoms with Crippen LogP contribution in [0.4, 0.5) is 0 Å². The summed E-state index contributed by atoms with van der Waals surface area (Å²) in [6.45, 7) is 10.1. The molecule has 4 rings (SSSR count). The predicted octanol–water partition coefficient (Wildman–Crippen LogP) is 6.14. The lowest BCUT2D eigenvalue weighted by molar-refractivity contribution is -0.130. The van der Waals surface area contributed by atoms with Gasteiger partial charge >= 0.3 is 5.97 Å². The molecule has 0 aromatic heterocycles. The van der Waals surface area contributed by atoms with E-state index in [2.05, 4.69) is 29.8 Å². The van der Waals surface area contributed by atoms with Crippen molar-refractivity contribution in [3.8, 4) is 0 Å². The number of allylic oxidation sites excluding steroid dienone is 1. The molecule has 0 radical (unpaired) electrons. The number of esters is 1. The Morgan fingerprint density at radius 2 is 1.40 bits per heavy atom. The van der Waals surface area contributed by atoms with Crippen molar-refractivity contribution in [3.05, 3.63) is 119 Å². The van der Waals surface area contributed by atoms with Crippen LogP contribution in [0, 0.1) is 17.8 Å². The van der Waals surface area contributed by atoms with Crippen molar-refractivity contribution >= 4 is 23.7 Å². The molecule has 50 heavy (non-hydrogen) atoms. The zero-order valence-electron chi connectivity index (χ0n) is 29.8. The topological polar surface area (TPSA) is 126 Å². The molecule has 9 nitrogen and oxygen atoms in total. The second-order valence-corrected chi connectivity index (χ2v) is 13.9. The van der Waals surface area contributed by atoms with Crippen LogP contribution >= 0.6 is 0 Å². The van der Waals surface area contributed by atoms with Gasteiger partial charge in [0.15, 0.2) is 0 Å². The van der Waals surface area contributed by atoms with Crippen molar-refractivity contribution < 1.29 is 28.7 Å². The Bertz CT molecular complexity index is 1580. The summed E-state index contributed by atoms with van der Waals surface area (Å²) < 4.78 is 11.4. The second-order valence-electron chi connectivity index (χ2n) is 13.9. The van der Waals surface area contributed by atoms with E-state index in [1.54, 1.807) is 30.3 Å². The van der Waals surface area contributed by atoms with Crippen LogP contribution in [0.5, 0.6) is 0 Å². The summed E-state index contributed by atoms with van der Waals surface area (Å²) in [6, 6.07) is 26.6. The number of carbonyl (C=O) groups is 4. The van der Waals surface area contributed by atoms with Gasteiger partial charge in [-0.15, -0.1) is 0 Å². The van der Waals surface area contributed by atoms with E-state index in [0.29, 0.717) is 37.2 Å². The third-order valence-corrected chi connectivity index (χ3v) is 8.35. The number of aryl methyl sites for hydroxylation is 1. The third kappa shape index (κ3) is 12.6. The van der Waals surface area contributed by atoms with Crippen molar-refractivity contribution in [2.75, 3.05) is 0 Å². The molecule has 3 N–H and O–H groups in total. The second kappa shape index (κ2) is 18.9. The van der Waals surface area contributed by atoms with Crippen LogP contribution in [0.25, 0.3) is 0 Å². The number of rotatable bonds is 18. The molecule has 0 aliphatic carbocycles. The fourth-order valence-corrected chi connectivity index (χ4v) is 6.01. The molecule has 3 aromatic rings. The highest BCUT2D eigenvalue weighted by Crippen LogP contribution is 2.30. The maximum absolute atomic E-state index is 13.9. The molecular weight excluding hydrogens is 630 g/mol. The fourth-order valence-electron chi connectivity index (χ4n) is 6.01. The zero-order valence-corrected chi connectivity index (χ0v) is 29.8. The lowest BCUT2D eigenvalue weighted by Gasteiger charge is -2.23. The molecule has 0 spiro atoms. The molecule has 1 saturated heterocycles. The van der Waals surface area contributed by atoms with Gasteiger partial charge in [0.2, 0.25) is 18.1 Å². The maximum atomic E-state index is 13.9. The van der Waals surface area contributed by atoms with Crippen LogP contribution in [-0.2, 0) is 36.7 Å². The van der Waals surface area contributed by atoms with Crippen molar-refractivity contribution in [2.24, 2.45) is 17.8 Å². The molecule has 1 heterocycles. The van der Waals surface area contributed by atoms with Gasteiger partial charge in [0.1, 0.15) is 17.8 Å². The smallest absolute Gasteiger partial charge is 0.340 e. The summed E-state index contributed by atoms with van der Waals surface area (Å²) >= 11 is 0. The SMILES string of the molecule is CC(C)/C=C(/NC(=O)[C@H](CCc1ccccc1)NC(=O)CC(C)CC(C)C)C(=O)N[C@@H](Cc1ccccc1)C1OC1OC(=O)c1ccccc1. The van der Waals surface area contributed by atoms with Crippen molar-refractivity contribution in [2.45, 2.75) is 91.2 Å². The van der Waals surface area contributed by atoms with E-state index in [1.165, 1.54) is 0 Å². The van der Waals surface area contributed by atoms with Gasteiger partial charge in [-0.2, -0.15) is 0 Å². The Kier molecular flexibility index (Phi) is 14.3. The fraction of sp³-hybridized carbons (Fsp3) is 0.415. The van der Waals surface area contributed by atoms with E-state index < -0.39 is 42.3 Å². The Morgan fingerprint density at radius 1 is 0.800 bits per heavy atom. The minimum Gasteiger partial charge on any atom is -0.429 e. The van der Waals surface area contributed by atoms with E-state index in [9.17, 15) is 19.2 Å². The van der Waals surface area contributed by atoms with Crippen LogP contribution in [0.2, 0.25) is 0 Å². The minimum atomic E-state index is -0.856. The quantitative estimate of drug-likeness (QED) is 0.0842. The highest BCUT2D eigenvalue weighted by atomic mass is 16.8. The molecule has 266 valence electrons. The number of carbonyl (C=O) groups excluding carboxylic acids is 4. The first-order valence-electron chi connectivity index (χ1n) is 17.6. The van der Waals surface area contributed by atoms with E-state index in [4.69, 9.17) is 9.47 Å². The summed E-state index contributed by atoms with van der Waals surface area (Å²) in [6.07, 6.45) is 2.80. The molecule has 1 aliphatic heterocycles. The largest absolute Gasteiger partial charge is 0.429 e. The van der Waals surface area contributed by atoms with Crippen molar-refractivity contribution in [3.63, 3.8) is 0 Å². The maximum Gasteiger partial charge on any atom is 0.340 e. The Balaban J connectivity index is 1.48. The molecule has 1 aliphatic rings. The average Bonchev–Trinajstić information content (AvgIpc) is 3.85. The first-order chi connectivity index (χ1) is 24.0. The monoisotopic (exact) mass is 681 g/mol. The van der Waals surface area contributed by atoms with Crippen LogP contribution in [0.15, 0.2) is 103 Å². The summed E-state index contributed by atoms with van der Waals surface area (Å²) in [5.74, 6) is -1.14. The number of epoxide rings is 1. The molecule has 0 saturated carbocycles. The first kappa shape index (κ1) is 38.0. The number of amides is 3.